The van der Waals surface area contributed by atoms with Gasteiger partial charge in [-0.15, -0.1) is 0 Å². The van der Waals surface area contributed by atoms with Crippen LogP contribution in [0.25, 0.3) is 0 Å². The van der Waals surface area contributed by atoms with Gasteiger partial charge < -0.3 is 10.0 Å². The number of allylic oxidation sites excluding steroid dienone is 2. The summed E-state index contributed by atoms with van der Waals surface area (Å²) in [4.78, 5) is 8.54. The average molecular weight is 338 g/mol. The monoisotopic (exact) mass is 337 g/mol. The molecule has 1 N–H and O–H groups in total. The molecule has 0 radical (unpaired) electrons. The molecule has 0 atom stereocenters. The fraction of sp³-hybridized carbons (Fsp3) is 0.143. The van der Waals surface area contributed by atoms with Gasteiger partial charge in [0.15, 0.2) is 0 Å². The number of anilines is 1. The van der Waals surface area contributed by atoms with Crippen LogP contribution in [0.15, 0.2) is 51.4 Å². The second kappa shape index (κ2) is 6.09. The number of aryl methyl sites for hydroxylation is 1. The van der Waals surface area contributed by atoms with Crippen molar-refractivity contribution in [3.8, 4) is 5.75 Å². The van der Waals surface area contributed by atoms with Crippen molar-refractivity contribution in [1.29, 1.82) is 0 Å². The highest BCUT2D eigenvalue weighted by Gasteiger charge is 2.19. The van der Waals surface area contributed by atoms with Gasteiger partial charge in [0.05, 0.1) is 6.54 Å². The van der Waals surface area contributed by atoms with Crippen molar-refractivity contribution in [3.63, 3.8) is 0 Å². The Labute approximate surface area is 135 Å². The predicted molar refractivity (Wildman–Crippen MR) is 88.0 cm³/mol. The van der Waals surface area contributed by atoms with E-state index in [2.05, 4.69) is 9.36 Å². The second-order valence-electron chi connectivity index (χ2n) is 4.43. The van der Waals surface area contributed by atoms with E-state index in [9.17, 15) is 5.11 Å². The number of nitrogens with zero attached hydrogens (tertiary/aromatic N) is 3. The van der Waals surface area contributed by atoms with Crippen molar-refractivity contribution in [2.24, 2.45) is 0 Å². The molecule has 2 aromatic rings. The number of rotatable bonds is 3. The molecule has 0 fully saturated rings. The van der Waals surface area contributed by atoms with E-state index in [-0.39, 0.29) is 5.75 Å². The Hall–Kier alpha value is -1.50. The second-order valence-corrected chi connectivity index (χ2v) is 6.75. The molecule has 4 nitrogen and oxygen atoms in total. The molecule has 0 saturated carbocycles. The summed E-state index contributed by atoms with van der Waals surface area (Å²) in [6.45, 7) is 2.53. The quantitative estimate of drug-likeness (QED) is 0.853. The van der Waals surface area contributed by atoms with Crippen LogP contribution in [-0.4, -0.2) is 21.0 Å². The molecule has 1 aliphatic heterocycles. The Bertz CT molecular complexity index is 709. The van der Waals surface area contributed by atoms with Gasteiger partial charge in [-0.05, 0) is 43.3 Å². The first-order valence-corrected chi connectivity index (χ1v) is 8.20. The fourth-order valence-corrected chi connectivity index (χ4v) is 3.67. The third kappa shape index (κ3) is 3.40. The highest BCUT2D eigenvalue weighted by atomic mass is 35.5. The molecule has 1 aliphatic rings. The molecule has 108 valence electrons. The number of phenolic OH excluding ortho intramolecular Hbond substituents is 1. The van der Waals surface area contributed by atoms with Crippen molar-refractivity contribution >= 4 is 40.0 Å². The van der Waals surface area contributed by atoms with Gasteiger partial charge in [-0.1, -0.05) is 23.4 Å². The van der Waals surface area contributed by atoms with Gasteiger partial charge in [0.2, 0.25) is 5.13 Å². The van der Waals surface area contributed by atoms with Crippen LogP contribution in [-0.2, 0) is 0 Å². The molecular weight excluding hydrogens is 326 g/mol. The molecule has 21 heavy (non-hydrogen) atoms. The largest absolute Gasteiger partial charge is 0.508 e. The maximum Gasteiger partial charge on any atom is 0.210 e. The summed E-state index contributed by atoms with van der Waals surface area (Å²) < 4.78 is 4.19. The lowest BCUT2D eigenvalue weighted by Gasteiger charge is -2.24. The highest BCUT2D eigenvalue weighted by Crippen LogP contribution is 2.34. The summed E-state index contributed by atoms with van der Waals surface area (Å²) in [7, 11) is 0. The van der Waals surface area contributed by atoms with Gasteiger partial charge in [-0.25, -0.2) is 4.98 Å². The fourth-order valence-electron chi connectivity index (χ4n) is 1.82. The SMILES string of the molecule is Cc1nsc(N2CC(Sc3ccc(O)cc3)=CC=C2Cl)n1. The minimum Gasteiger partial charge on any atom is -0.508 e. The zero-order valence-corrected chi connectivity index (χ0v) is 13.5. The number of phenols is 1. The lowest BCUT2D eigenvalue weighted by atomic mass is 10.3. The Morgan fingerprint density at radius 2 is 2.05 bits per heavy atom. The first-order chi connectivity index (χ1) is 10.1. The van der Waals surface area contributed by atoms with Gasteiger partial charge in [0.1, 0.15) is 16.7 Å². The number of thioether (sulfide) groups is 1. The van der Waals surface area contributed by atoms with Crippen molar-refractivity contribution < 1.29 is 5.11 Å². The summed E-state index contributed by atoms with van der Waals surface area (Å²) in [6.07, 6.45) is 3.87. The first kappa shape index (κ1) is 14.4. The number of aromatic nitrogens is 2. The van der Waals surface area contributed by atoms with Crippen molar-refractivity contribution in [2.45, 2.75) is 11.8 Å². The third-order valence-corrected chi connectivity index (χ3v) is 5.01. The average Bonchev–Trinajstić information content (AvgIpc) is 2.90. The van der Waals surface area contributed by atoms with E-state index in [0.717, 1.165) is 20.8 Å². The summed E-state index contributed by atoms with van der Waals surface area (Å²) in [5.74, 6) is 1.02. The predicted octanol–water partition coefficient (Wildman–Crippen LogP) is 4.13. The topological polar surface area (TPSA) is 49.2 Å². The Kier molecular flexibility index (Phi) is 4.19. The number of hydrogen-bond donors (Lipinski definition) is 1. The first-order valence-electron chi connectivity index (χ1n) is 6.23. The van der Waals surface area contributed by atoms with Crippen LogP contribution >= 0.6 is 34.9 Å². The molecule has 0 aliphatic carbocycles. The Morgan fingerprint density at radius 3 is 2.71 bits per heavy atom. The van der Waals surface area contributed by atoms with Gasteiger partial charge >= 0.3 is 0 Å². The van der Waals surface area contributed by atoms with Gasteiger partial charge in [0.25, 0.3) is 0 Å². The molecule has 0 bridgehead atoms. The molecule has 0 saturated heterocycles. The number of benzene rings is 1. The number of hydrogen-bond acceptors (Lipinski definition) is 6. The summed E-state index contributed by atoms with van der Waals surface area (Å²) in [6, 6.07) is 7.14. The molecule has 1 aromatic heterocycles. The van der Waals surface area contributed by atoms with E-state index in [4.69, 9.17) is 11.6 Å². The molecular formula is C14H12ClN3OS2. The van der Waals surface area contributed by atoms with Crippen molar-refractivity contribution in [3.05, 3.63) is 52.3 Å². The Balaban J connectivity index is 1.77. The highest BCUT2D eigenvalue weighted by molar-refractivity contribution is 8.03. The molecule has 0 spiro atoms. The number of aromatic hydroxyl groups is 1. The standard InChI is InChI=1S/C14H12ClN3OS2/c1-9-16-14(21-17-9)18-8-12(6-7-13(18)15)20-11-4-2-10(19)3-5-11/h2-7,19H,8H2,1H3. The van der Waals surface area contributed by atoms with E-state index in [1.54, 1.807) is 23.9 Å². The van der Waals surface area contributed by atoms with Crippen molar-refractivity contribution in [2.75, 3.05) is 11.4 Å². The van der Waals surface area contributed by atoms with Gasteiger partial charge in [-0.2, -0.15) is 4.37 Å². The van der Waals surface area contributed by atoms with Crippen LogP contribution in [0.3, 0.4) is 0 Å². The molecule has 0 unspecified atom stereocenters. The van der Waals surface area contributed by atoms with Crippen molar-refractivity contribution in [1.82, 2.24) is 9.36 Å². The zero-order chi connectivity index (χ0) is 14.8. The molecule has 0 amide bonds. The van der Waals surface area contributed by atoms with E-state index < -0.39 is 0 Å². The minimum atomic E-state index is 0.269. The lowest BCUT2D eigenvalue weighted by Crippen LogP contribution is -2.24. The van der Waals surface area contributed by atoms with E-state index in [1.807, 2.05) is 36.1 Å². The van der Waals surface area contributed by atoms with E-state index in [0.29, 0.717) is 11.7 Å². The summed E-state index contributed by atoms with van der Waals surface area (Å²) >= 11 is 9.24. The van der Waals surface area contributed by atoms with E-state index in [1.165, 1.54) is 11.5 Å². The summed E-state index contributed by atoms with van der Waals surface area (Å²) in [5.41, 5.74) is 0. The smallest absolute Gasteiger partial charge is 0.210 e. The van der Waals surface area contributed by atoms with Crippen LogP contribution in [0.1, 0.15) is 5.82 Å². The third-order valence-electron chi connectivity index (χ3n) is 2.81. The van der Waals surface area contributed by atoms with Gasteiger partial charge in [-0.3, -0.25) is 0 Å². The van der Waals surface area contributed by atoms with Crippen LogP contribution in [0.5, 0.6) is 5.75 Å². The maximum absolute atomic E-state index is 9.32. The normalized spacial score (nSPS) is 14.9. The molecule has 7 heteroatoms. The van der Waals surface area contributed by atoms with Gasteiger partial charge in [0, 0.05) is 21.3 Å². The van der Waals surface area contributed by atoms with E-state index >= 15 is 0 Å². The van der Waals surface area contributed by atoms with Crippen LogP contribution in [0.4, 0.5) is 5.13 Å². The van der Waals surface area contributed by atoms with Crippen LogP contribution in [0.2, 0.25) is 0 Å². The molecule has 2 heterocycles. The lowest BCUT2D eigenvalue weighted by molar-refractivity contribution is 0.475. The maximum atomic E-state index is 9.32. The number of halogens is 1. The van der Waals surface area contributed by atoms with Crippen LogP contribution < -0.4 is 4.90 Å². The molecule has 1 aromatic carbocycles. The molecule has 3 rings (SSSR count). The summed E-state index contributed by atoms with van der Waals surface area (Å²) in [5, 5.41) is 10.8. The zero-order valence-electron chi connectivity index (χ0n) is 11.2. The minimum absolute atomic E-state index is 0.269. The van der Waals surface area contributed by atoms with Crippen LogP contribution in [0, 0.1) is 6.92 Å². The Morgan fingerprint density at radius 1 is 1.29 bits per heavy atom.